The lowest BCUT2D eigenvalue weighted by Crippen LogP contribution is -2.39. The number of carbonyl (C=O) groups is 1. The normalized spacial score (nSPS) is 15.0. The van der Waals surface area contributed by atoms with Crippen LogP contribution in [-0.4, -0.2) is 57.7 Å². The van der Waals surface area contributed by atoms with Gasteiger partial charge in [-0.1, -0.05) is 22.7 Å². The second kappa shape index (κ2) is 12.8. The van der Waals surface area contributed by atoms with Crippen LogP contribution in [-0.2, 0) is 6.42 Å². The standard InChI is InChI=1S/C28H27N3O5S.ClH/c32-23(16-35-24-9-5-19(6-10-24)26-17-37-31-30-26)14-29-15-25-11-7-22-13-21(8-12-27(22)36-25)18-1-3-20(4-2-18)28(33)34;/h1-6,8-10,12-13,17,23,25,29,32H,7,11,14-16H2,(H,33,34);1H/t23-,25+;/m0./s1. The lowest BCUT2D eigenvalue weighted by atomic mass is 9.96. The number of benzene rings is 3. The topological polar surface area (TPSA) is 114 Å². The molecule has 38 heavy (non-hydrogen) atoms. The Morgan fingerprint density at radius 2 is 1.82 bits per heavy atom. The van der Waals surface area contributed by atoms with E-state index in [2.05, 4.69) is 21.0 Å². The summed E-state index contributed by atoms with van der Waals surface area (Å²) in [6.07, 6.45) is 1.14. The Hall–Kier alpha value is -3.50. The van der Waals surface area contributed by atoms with Crippen molar-refractivity contribution in [1.82, 2.24) is 14.9 Å². The van der Waals surface area contributed by atoms with Gasteiger partial charge in [0.2, 0.25) is 0 Å². The highest BCUT2D eigenvalue weighted by atomic mass is 35.5. The van der Waals surface area contributed by atoms with Crippen LogP contribution < -0.4 is 14.8 Å². The molecule has 0 aliphatic carbocycles. The number of fused-ring (bicyclic) bond motifs is 1. The van der Waals surface area contributed by atoms with Crippen molar-refractivity contribution in [2.24, 2.45) is 0 Å². The van der Waals surface area contributed by atoms with Gasteiger partial charge in [-0.3, -0.25) is 0 Å². The van der Waals surface area contributed by atoms with Crippen molar-refractivity contribution in [1.29, 1.82) is 0 Å². The predicted octanol–water partition coefficient (Wildman–Crippen LogP) is 4.72. The van der Waals surface area contributed by atoms with Crippen LogP contribution in [0.1, 0.15) is 22.3 Å². The van der Waals surface area contributed by atoms with E-state index in [0.29, 0.717) is 18.8 Å². The van der Waals surface area contributed by atoms with Crippen molar-refractivity contribution in [2.75, 3.05) is 19.7 Å². The lowest BCUT2D eigenvalue weighted by Gasteiger charge is -2.27. The summed E-state index contributed by atoms with van der Waals surface area (Å²) in [5, 5.41) is 28.6. The lowest BCUT2D eigenvalue weighted by molar-refractivity contribution is 0.0697. The smallest absolute Gasteiger partial charge is 0.335 e. The van der Waals surface area contributed by atoms with Crippen LogP contribution in [0.2, 0.25) is 0 Å². The van der Waals surface area contributed by atoms with Crippen LogP contribution in [0.4, 0.5) is 0 Å². The number of carboxylic acid groups (broad SMARTS) is 1. The van der Waals surface area contributed by atoms with E-state index in [9.17, 15) is 9.90 Å². The Bertz CT molecular complexity index is 1330. The van der Waals surface area contributed by atoms with E-state index in [0.717, 1.165) is 46.5 Å². The van der Waals surface area contributed by atoms with E-state index >= 15 is 0 Å². The Labute approximate surface area is 230 Å². The average Bonchev–Trinajstić information content (AvgIpc) is 3.47. The molecule has 3 aromatic carbocycles. The van der Waals surface area contributed by atoms with Crippen molar-refractivity contribution in [3.63, 3.8) is 0 Å². The highest BCUT2D eigenvalue weighted by Crippen LogP contribution is 2.32. The molecule has 0 fully saturated rings. The SMILES string of the molecule is Cl.O=C(O)c1ccc(-c2ccc3c(c2)CC[C@H](CNC[C@H](O)COc2ccc(-c4csnn4)cc2)O3)cc1. The van der Waals surface area contributed by atoms with Gasteiger partial charge in [0.25, 0.3) is 0 Å². The van der Waals surface area contributed by atoms with Crippen molar-refractivity contribution in [3.8, 4) is 33.9 Å². The van der Waals surface area contributed by atoms with Gasteiger partial charge in [0.1, 0.15) is 36.0 Å². The molecule has 0 spiro atoms. The summed E-state index contributed by atoms with van der Waals surface area (Å²) in [7, 11) is 0. The number of hydrogen-bond acceptors (Lipinski definition) is 8. The molecule has 5 rings (SSSR count). The fourth-order valence-electron chi connectivity index (χ4n) is 4.25. The minimum absolute atomic E-state index is 0. The molecular formula is C28H28ClN3O5S. The molecule has 1 aliphatic heterocycles. The predicted molar refractivity (Wildman–Crippen MR) is 149 cm³/mol. The number of aliphatic hydroxyl groups is 1. The minimum atomic E-state index is -0.930. The Balaban J connectivity index is 0.00000336. The van der Waals surface area contributed by atoms with Crippen molar-refractivity contribution >= 4 is 29.9 Å². The van der Waals surface area contributed by atoms with Gasteiger partial charge in [-0.2, -0.15) is 0 Å². The van der Waals surface area contributed by atoms with Gasteiger partial charge in [0.05, 0.1) is 5.56 Å². The van der Waals surface area contributed by atoms with Gasteiger partial charge >= 0.3 is 5.97 Å². The Morgan fingerprint density at radius 3 is 2.53 bits per heavy atom. The highest BCUT2D eigenvalue weighted by Gasteiger charge is 2.20. The quantitative estimate of drug-likeness (QED) is 0.259. The number of aromatic carboxylic acids is 1. The third-order valence-electron chi connectivity index (χ3n) is 6.26. The van der Waals surface area contributed by atoms with Crippen molar-refractivity contribution < 1.29 is 24.5 Å². The maximum Gasteiger partial charge on any atom is 0.335 e. The summed E-state index contributed by atoms with van der Waals surface area (Å²) < 4.78 is 15.7. The van der Waals surface area contributed by atoms with Crippen LogP contribution in [0.15, 0.2) is 72.1 Å². The van der Waals surface area contributed by atoms with E-state index in [4.69, 9.17) is 14.6 Å². The molecule has 3 N–H and O–H groups in total. The number of halogens is 1. The molecule has 198 valence electrons. The number of aryl methyl sites for hydroxylation is 1. The van der Waals surface area contributed by atoms with Crippen molar-refractivity contribution in [3.05, 3.63) is 83.2 Å². The summed E-state index contributed by atoms with van der Waals surface area (Å²) in [6.45, 7) is 1.22. The second-order valence-corrected chi connectivity index (χ2v) is 9.53. The minimum Gasteiger partial charge on any atom is -0.491 e. The fourth-order valence-corrected chi connectivity index (χ4v) is 4.71. The number of aliphatic hydroxyl groups excluding tert-OH is 1. The van der Waals surface area contributed by atoms with Gasteiger partial charge in [-0.05, 0) is 89.6 Å². The number of rotatable bonds is 10. The zero-order chi connectivity index (χ0) is 25.6. The molecular weight excluding hydrogens is 526 g/mol. The van der Waals surface area contributed by atoms with Gasteiger partial charge in [0.15, 0.2) is 0 Å². The molecule has 1 aliphatic rings. The zero-order valence-electron chi connectivity index (χ0n) is 20.4. The summed E-state index contributed by atoms with van der Waals surface area (Å²) in [5.74, 6) is 0.626. The number of hydrogen-bond donors (Lipinski definition) is 3. The first-order valence-corrected chi connectivity index (χ1v) is 12.9. The fraction of sp³-hybridized carbons (Fsp3) is 0.250. The molecule has 0 radical (unpaired) electrons. The second-order valence-electron chi connectivity index (χ2n) is 8.92. The number of aromatic nitrogens is 2. The number of ether oxygens (including phenoxy) is 2. The monoisotopic (exact) mass is 553 g/mol. The summed E-state index contributed by atoms with van der Waals surface area (Å²) in [5.41, 5.74) is 5.23. The first kappa shape index (κ1) is 27.5. The van der Waals surface area contributed by atoms with Gasteiger partial charge in [-0.15, -0.1) is 17.5 Å². The molecule has 4 aromatic rings. The molecule has 1 aromatic heterocycles. The molecule has 0 bridgehead atoms. The summed E-state index contributed by atoms with van der Waals surface area (Å²) >= 11 is 1.31. The molecule has 8 nitrogen and oxygen atoms in total. The average molecular weight is 554 g/mol. The van der Waals surface area contributed by atoms with Crippen LogP contribution in [0, 0.1) is 0 Å². The summed E-state index contributed by atoms with van der Waals surface area (Å²) in [4.78, 5) is 11.1. The third-order valence-corrected chi connectivity index (χ3v) is 6.76. The van der Waals surface area contributed by atoms with E-state index in [1.54, 1.807) is 12.1 Å². The van der Waals surface area contributed by atoms with Gasteiger partial charge in [0, 0.05) is 24.0 Å². The molecule has 10 heteroatoms. The number of carboxylic acids is 1. The van der Waals surface area contributed by atoms with Gasteiger partial charge in [-0.25, -0.2) is 4.79 Å². The van der Waals surface area contributed by atoms with Crippen LogP contribution in [0.5, 0.6) is 11.5 Å². The zero-order valence-corrected chi connectivity index (χ0v) is 22.1. The molecule has 0 unspecified atom stereocenters. The molecule has 2 atom stereocenters. The largest absolute Gasteiger partial charge is 0.491 e. The van der Waals surface area contributed by atoms with E-state index in [-0.39, 0.29) is 30.7 Å². The Morgan fingerprint density at radius 1 is 1.08 bits per heavy atom. The van der Waals surface area contributed by atoms with Crippen LogP contribution in [0.3, 0.4) is 0 Å². The summed E-state index contributed by atoms with van der Waals surface area (Å²) in [6, 6.07) is 20.5. The van der Waals surface area contributed by atoms with Gasteiger partial charge < -0.3 is 25.0 Å². The third kappa shape index (κ3) is 6.87. The Kier molecular flexibility index (Phi) is 9.30. The maximum absolute atomic E-state index is 11.1. The molecule has 2 heterocycles. The number of nitrogens with zero attached hydrogens (tertiary/aromatic N) is 2. The first-order valence-electron chi connectivity index (χ1n) is 12.1. The van der Waals surface area contributed by atoms with Crippen molar-refractivity contribution in [2.45, 2.75) is 25.0 Å². The number of nitrogens with one attached hydrogen (secondary N) is 1. The van der Waals surface area contributed by atoms with E-state index in [1.165, 1.54) is 11.5 Å². The van der Waals surface area contributed by atoms with E-state index < -0.39 is 12.1 Å². The molecule has 0 saturated carbocycles. The molecule has 0 amide bonds. The maximum atomic E-state index is 11.1. The van der Waals surface area contributed by atoms with Crippen LogP contribution in [0.25, 0.3) is 22.4 Å². The highest BCUT2D eigenvalue weighted by molar-refractivity contribution is 7.03. The van der Waals surface area contributed by atoms with E-state index in [1.807, 2.05) is 53.9 Å². The molecule has 0 saturated heterocycles. The first-order chi connectivity index (χ1) is 18.0. The van der Waals surface area contributed by atoms with Crippen LogP contribution >= 0.6 is 23.9 Å².